The second-order valence-electron chi connectivity index (χ2n) is 8.25. The Bertz CT molecular complexity index is 1310. The first-order valence-corrected chi connectivity index (χ1v) is 11.5. The monoisotopic (exact) mass is 482 g/mol. The number of aromatic nitrogens is 1. The van der Waals surface area contributed by atoms with Gasteiger partial charge < -0.3 is 24.0 Å². The van der Waals surface area contributed by atoms with E-state index in [9.17, 15) is 14.7 Å². The molecule has 7 nitrogen and oxygen atoms in total. The zero-order chi connectivity index (χ0) is 24.6. The maximum Gasteiger partial charge on any atom is 0.295 e. The second kappa shape index (κ2) is 9.43. The highest BCUT2D eigenvalue weighted by molar-refractivity contribution is 6.46. The van der Waals surface area contributed by atoms with Crippen LogP contribution in [0.15, 0.2) is 48.2 Å². The Morgan fingerprint density at radius 2 is 1.82 bits per heavy atom. The molecule has 1 unspecified atom stereocenters. The molecule has 3 aromatic rings. The van der Waals surface area contributed by atoms with Gasteiger partial charge in [0.25, 0.3) is 11.7 Å². The molecule has 0 bridgehead atoms. The predicted molar refractivity (Wildman–Crippen MR) is 131 cm³/mol. The minimum absolute atomic E-state index is 0.0140. The van der Waals surface area contributed by atoms with Crippen LogP contribution in [-0.4, -0.2) is 47.0 Å². The molecule has 0 aliphatic carbocycles. The van der Waals surface area contributed by atoms with Crippen molar-refractivity contribution in [3.63, 3.8) is 0 Å². The fourth-order valence-electron chi connectivity index (χ4n) is 4.54. The molecule has 2 heterocycles. The summed E-state index contributed by atoms with van der Waals surface area (Å²) in [5, 5.41) is 12.7. The second-order valence-corrected chi connectivity index (χ2v) is 8.65. The lowest BCUT2D eigenvalue weighted by molar-refractivity contribution is -0.139. The molecule has 0 radical (unpaired) electrons. The van der Waals surface area contributed by atoms with Crippen molar-refractivity contribution in [3.8, 4) is 11.5 Å². The lowest BCUT2D eigenvalue weighted by Crippen LogP contribution is -2.30. The summed E-state index contributed by atoms with van der Waals surface area (Å²) >= 11 is 6.23. The van der Waals surface area contributed by atoms with Crippen LogP contribution in [0.2, 0.25) is 5.02 Å². The maximum atomic E-state index is 13.3. The Morgan fingerprint density at radius 1 is 1.12 bits per heavy atom. The van der Waals surface area contributed by atoms with Gasteiger partial charge in [0.05, 0.1) is 36.4 Å². The zero-order valence-electron chi connectivity index (χ0n) is 19.6. The molecule has 1 aliphatic heterocycles. The van der Waals surface area contributed by atoms with Crippen molar-refractivity contribution in [2.45, 2.75) is 25.8 Å². The topological polar surface area (TPSA) is 81.0 Å². The Kier molecular flexibility index (Phi) is 6.57. The molecular weight excluding hydrogens is 456 g/mol. The number of likely N-dealkylation sites (tertiary alicyclic amines) is 1. The van der Waals surface area contributed by atoms with Crippen molar-refractivity contribution in [2.24, 2.45) is 7.05 Å². The van der Waals surface area contributed by atoms with Crippen LogP contribution in [0.5, 0.6) is 11.5 Å². The fraction of sp³-hybridized carbons (Fsp3) is 0.308. The van der Waals surface area contributed by atoms with E-state index in [2.05, 4.69) is 0 Å². The van der Waals surface area contributed by atoms with Crippen LogP contribution in [0.25, 0.3) is 16.7 Å². The third-order valence-corrected chi connectivity index (χ3v) is 6.54. The Hall–Kier alpha value is -3.45. The van der Waals surface area contributed by atoms with Crippen molar-refractivity contribution in [1.82, 2.24) is 9.47 Å². The number of Topliss-reactive ketones (excluding diaryl/α,β-unsaturated/α-hetero) is 1. The van der Waals surface area contributed by atoms with Gasteiger partial charge in [0.1, 0.15) is 17.3 Å². The molecule has 2 aromatic carbocycles. The molecule has 1 fully saturated rings. The minimum Gasteiger partial charge on any atom is -0.507 e. The highest BCUT2D eigenvalue weighted by atomic mass is 35.5. The van der Waals surface area contributed by atoms with Gasteiger partial charge in [-0.1, -0.05) is 43.1 Å². The molecular formula is C26H27ClN2O5. The first kappa shape index (κ1) is 23.7. The summed E-state index contributed by atoms with van der Waals surface area (Å²) in [5.74, 6) is -1.12. The number of rotatable bonds is 7. The van der Waals surface area contributed by atoms with E-state index >= 15 is 0 Å². The maximum absolute atomic E-state index is 13.3. The lowest BCUT2D eigenvalue weighted by atomic mass is 9.94. The molecule has 4 rings (SSSR count). The fourth-order valence-corrected chi connectivity index (χ4v) is 4.77. The number of ether oxygens (including phenoxy) is 2. The molecule has 178 valence electrons. The van der Waals surface area contributed by atoms with Gasteiger partial charge in [-0.2, -0.15) is 0 Å². The molecule has 0 spiro atoms. The number of aryl methyl sites for hydroxylation is 1. The molecule has 1 amide bonds. The summed E-state index contributed by atoms with van der Waals surface area (Å²) in [6.07, 6.45) is 3.49. The molecule has 34 heavy (non-hydrogen) atoms. The van der Waals surface area contributed by atoms with E-state index in [0.717, 1.165) is 29.3 Å². The molecule has 0 saturated carbocycles. The molecule has 1 saturated heterocycles. The first-order valence-electron chi connectivity index (χ1n) is 11.1. The number of para-hydroxylation sites is 1. The van der Waals surface area contributed by atoms with Crippen LogP contribution < -0.4 is 9.47 Å². The van der Waals surface area contributed by atoms with Crippen molar-refractivity contribution in [3.05, 3.63) is 64.3 Å². The minimum atomic E-state index is -0.746. The number of unbranched alkanes of at least 4 members (excludes halogenated alkanes) is 1. The van der Waals surface area contributed by atoms with Gasteiger partial charge in [0.15, 0.2) is 0 Å². The molecule has 8 heteroatoms. The van der Waals surface area contributed by atoms with Crippen molar-refractivity contribution in [2.75, 3.05) is 20.8 Å². The van der Waals surface area contributed by atoms with Crippen LogP contribution >= 0.6 is 11.6 Å². The normalized spacial score (nSPS) is 17.6. The number of hydrogen-bond acceptors (Lipinski definition) is 5. The van der Waals surface area contributed by atoms with E-state index in [1.807, 2.05) is 49.0 Å². The van der Waals surface area contributed by atoms with Crippen molar-refractivity contribution >= 4 is 40.0 Å². The van der Waals surface area contributed by atoms with Gasteiger partial charge in [-0.25, -0.2) is 0 Å². The van der Waals surface area contributed by atoms with E-state index in [1.165, 1.54) is 26.4 Å². The largest absolute Gasteiger partial charge is 0.507 e. The van der Waals surface area contributed by atoms with Gasteiger partial charge in [-0.15, -0.1) is 0 Å². The number of aliphatic hydroxyl groups is 1. The van der Waals surface area contributed by atoms with Gasteiger partial charge >= 0.3 is 0 Å². The number of fused-ring (bicyclic) bond motifs is 1. The Balaban J connectivity index is 2.00. The van der Waals surface area contributed by atoms with E-state index in [4.69, 9.17) is 21.1 Å². The average molecular weight is 483 g/mol. The van der Waals surface area contributed by atoms with Crippen molar-refractivity contribution in [1.29, 1.82) is 0 Å². The van der Waals surface area contributed by atoms with Crippen LogP contribution in [0.3, 0.4) is 0 Å². The summed E-state index contributed by atoms with van der Waals surface area (Å²) in [7, 11) is 4.81. The number of aliphatic hydroxyl groups excluding tert-OH is 1. The molecule has 1 atom stereocenters. The van der Waals surface area contributed by atoms with Gasteiger partial charge in [-0.05, 0) is 18.6 Å². The van der Waals surface area contributed by atoms with Crippen molar-refractivity contribution < 1.29 is 24.2 Å². The SMILES string of the molecule is CCCCN1C(=O)C(=O)/C(=C(/O)c2cc(OC)c(Cl)cc2OC)C1c1cn(C)c2ccccc12. The van der Waals surface area contributed by atoms with E-state index in [1.54, 1.807) is 4.90 Å². The van der Waals surface area contributed by atoms with Gasteiger partial charge in [-0.3, -0.25) is 9.59 Å². The number of amides is 1. The molecule has 1 aliphatic rings. The first-order chi connectivity index (χ1) is 16.3. The van der Waals surface area contributed by atoms with Gasteiger partial charge in [0.2, 0.25) is 0 Å². The number of hydrogen-bond donors (Lipinski definition) is 1. The highest BCUT2D eigenvalue weighted by Gasteiger charge is 2.47. The zero-order valence-corrected chi connectivity index (χ0v) is 20.3. The summed E-state index contributed by atoms with van der Waals surface area (Å²) < 4.78 is 12.7. The van der Waals surface area contributed by atoms with Crippen LogP contribution in [-0.2, 0) is 16.6 Å². The number of halogens is 1. The van der Waals surface area contributed by atoms with E-state index < -0.39 is 17.7 Å². The standard InChI is InChI=1S/C26H27ClN2O5/c1-5-6-11-29-23(17-14-28(2)19-10-8-7-9-15(17)19)22(25(31)26(29)32)24(30)16-12-21(34-4)18(27)13-20(16)33-3/h7-10,12-14,23,30H,5-6,11H2,1-4H3/b24-22+. The molecule has 1 aromatic heterocycles. The Morgan fingerprint density at radius 3 is 2.50 bits per heavy atom. The van der Waals surface area contributed by atoms with E-state index in [-0.39, 0.29) is 22.6 Å². The molecule has 1 N–H and O–H groups in total. The van der Waals surface area contributed by atoms with Crippen LogP contribution in [0.4, 0.5) is 0 Å². The summed E-state index contributed by atoms with van der Waals surface area (Å²) in [4.78, 5) is 28.0. The van der Waals surface area contributed by atoms with Gasteiger partial charge in [0, 0.05) is 42.3 Å². The third kappa shape index (κ3) is 3.80. The van der Waals surface area contributed by atoms with E-state index in [0.29, 0.717) is 17.3 Å². The third-order valence-electron chi connectivity index (χ3n) is 6.24. The smallest absolute Gasteiger partial charge is 0.295 e. The quantitative estimate of drug-likeness (QED) is 0.289. The number of nitrogens with zero attached hydrogens (tertiary/aromatic N) is 2. The number of carbonyl (C=O) groups is 2. The predicted octanol–water partition coefficient (Wildman–Crippen LogP) is 5.07. The summed E-state index contributed by atoms with van der Waals surface area (Å²) in [6.45, 7) is 2.42. The number of ketones is 1. The van der Waals surface area contributed by atoms with Crippen LogP contribution in [0, 0.1) is 0 Å². The highest BCUT2D eigenvalue weighted by Crippen LogP contribution is 2.45. The number of benzene rings is 2. The number of carbonyl (C=O) groups excluding carboxylic acids is 2. The Labute approximate surface area is 203 Å². The average Bonchev–Trinajstić information content (AvgIpc) is 3.30. The van der Waals surface area contributed by atoms with Crippen LogP contribution in [0.1, 0.15) is 36.9 Å². The summed E-state index contributed by atoms with van der Waals surface area (Å²) in [5.41, 5.74) is 1.97. The number of methoxy groups -OCH3 is 2. The lowest BCUT2D eigenvalue weighted by Gasteiger charge is -2.25. The summed E-state index contributed by atoms with van der Waals surface area (Å²) in [6, 6.07) is 10.1.